The molecule has 4 nitrogen and oxygen atoms in total. The second-order valence-corrected chi connectivity index (χ2v) is 15.9. The monoisotopic (exact) mass is 577 g/mol. The third kappa shape index (κ3) is 4.01. The predicted molar refractivity (Wildman–Crippen MR) is 171 cm³/mol. The molecule has 5 heterocycles. The predicted octanol–water partition coefficient (Wildman–Crippen LogP) is 7.77. The van der Waals surface area contributed by atoms with Gasteiger partial charge in [0, 0.05) is 28.9 Å². The number of nitrogens with one attached hydrogen (secondary N) is 1. The molecule has 0 amide bonds. The highest BCUT2D eigenvalue weighted by Crippen LogP contribution is 2.56. The van der Waals surface area contributed by atoms with Crippen LogP contribution in [0.15, 0.2) is 95.2 Å². The van der Waals surface area contributed by atoms with Crippen molar-refractivity contribution in [1.29, 1.82) is 0 Å². The molecule has 0 spiro atoms. The molecule has 9 rings (SSSR count). The summed E-state index contributed by atoms with van der Waals surface area (Å²) in [6, 6.07) is 0.502. The first-order valence-corrected chi connectivity index (χ1v) is 17.4. The maximum atomic E-state index is 7.13. The van der Waals surface area contributed by atoms with Crippen LogP contribution in [0.3, 0.4) is 0 Å². The van der Waals surface area contributed by atoms with Gasteiger partial charge in [-0.15, -0.1) is 0 Å². The number of allylic oxidation sites excluding steroid dienone is 6. The minimum absolute atomic E-state index is 0.0111. The normalized spacial score (nSPS) is 47.3. The molecule has 10 unspecified atom stereocenters. The number of fused-ring (bicyclic) bond motifs is 8. The second-order valence-electron chi connectivity index (χ2n) is 15.9. The molecule has 1 N–H and O–H groups in total. The summed E-state index contributed by atoms with van der Waals surface area (Å²) in [7, 11) is 2.47. The van der Waals surface area contributed by atoms with Gasteiger partial charge in [0.2, 0.25) is 0 Å². The van der Waals surface area contributed by atoms with Crippen molar-refractivity contribution in [2.75, 3.05) is 13.6 Å². The van der Waals surface area contributed by atoms with E-state index >= 15 is 0 Å². The number of rotatable bonds is 3. The van der Waals surface area contributed by atoms with Crippen molar-refractivity contribution >= 4 is 0 Å². The van der Waals surface area contributed by atoms with E-state index in [4.69, 9.17) is 9.47 Å². The minimum Gasteiger partial charge on any atom is -0.486 e. The molecule has 10 atom stereocenters. The van der Waals surface area contributed by atoms with E-state index < -0.39 is 0 Å². The van der Waals surface area contributed by atoms with E-state index in [-0.39, 0.29) is 23.3 Å². The van der Waals surface area contributed by atoms with Crippen LogP contribution in [-0.2, 0) is 9.47 Å². The van der Waals surface area contributed by atoms with Crippen molar-refractivity contribution in [2.24, 2.45) is 35.5 Å². The highest BCUT2D eigenvalue weighted by molar-refractivity contribution is 5.46. The summed E-state index contributed by atoms with van der Waals surface area (Å²) in [5.41, 5.74) is 4.02. The van der Waals surface area contributed by atoms with Gasteiger partial charge in [0.05, 0.1) is 31.6 Å². The SMILES string of the molecule is CC1(C2CC=CC3=C2OC2(C)C=CC=CC32)C=CC2C3=C(OC2N1)C1C(CC3)C[N+]2(C)C=CC(CC3CCCCC3)=CC12. The molecule has 0 aromatic carbocycles. The van der Waals surface area contributed by atoms with Gasteiger partial charge in [0.15, 0.2) is 6.23 Å². The zero-order valence-electron chi connectivity index (χ0n) is 26.3. The van der Waals surface area contributed by atoms with Gasteiger partial charge in [0.1, 0.15) is 23.2 Å². The number of hydrogen-bond donors (Lipinski definition) is 1. The maximum Gasteiger partial charge on any atom is 0.160 e. The van der Waals surface area contributed by atoms with Gasteiger partial charge >= 0.3 is 0 Å². The fourth-order valence-corrected chi connectivity index (χ4v) is 10.7. The van der Waals surface area contributed by atoms with Crippen LogP contribution in [0.25, 0.3) is 0 Å². The maximum absolute atomic E-state index is 7.13. The molecule has 0 aromatic heterocycles. The molecule has 1 saturated heterocycles. The Labute approximate surface area is 258 Å². The molecule has 0 aromatic rings. The van der Waals surface area contributed by atoms with Crippen LogP contribution in [0.5, 0.6) is 0 Å². The largest absolute Gasteiger partial charge is 0.486 e. The fraction of sp³-hybridized carbons (Fsp3) is 0.590. The zero-order valence-corrected chi connectivity index (χ0v) is 26.3. The summed E-state index contributed by atoms with van der Waals surface area (Å²) in [5.74, 6) is 5.49. The summed E-state index contributed by atoms with van der Waals surface area (Å²) < 4.78 is 15.0. The number of quaternary nitrogens is 1. The lowest BCUT2D eigenvalue weighted by atomic mass is 9.71. The van der Waals surface area contributed by atoms with E-state index in [0.29, 0.717) is 29.7 Å². The van der Waals surface area contributed by atoms with Crippen molar-refractivity contribution in [1.82, 2.24) is 5.32 Å². The van der Waals surface area contributed by atoms with Crippen LogP contribution < -0.4 is 5.32 Å². The Bertz CT molecular complexity index is 1470. The molecule has 4 aliphatic carbocycles. The standard InChI is InChI=1S/C39H49N2O2/c1-38(32-14-9-12-30-31-13-7-8-19-39(31,2)43-35(30)32)20-17-29-28-16-15-27-24-41(3)21-18-26(22-25-10-5-4-6-11-25)23-33(41)34(27)36(28)42-37(29)40-38/h7-9,12-13,17-21,23,25,27,29,31-34,37,40H,4-6,10-11,14-16,22,24H2,1-3H3/q+1. The summed E-state index contributed by atoms with van der Waals surface area (Å²) in [5, 5.41) is 4.08. The molecule has 226 valence electrons. The van der Waals surface area contributed by atoms with Crippen molar-refractivity contribution in [2.45, 2.75) is 95.0 Å². The Balaban J connectivity index is 0.976. The van der Waals surface area contributed by atoms with Crippen LogP contribution in [0.2, 0.25) is 0 Å². The Hall–Kier alpha value is -2.56. The Morgan fingerprint density at radius 3 is 2.77 bits per heavy atom. The fourth-order valence-electron chi connectivity index (χ4n) is 10.7. The molecule has 0 radical (unpaired) electrons. The van der Waals surface area contributed by atoms with E-state index in [9.17, 15) is 0 Å². The van der Waals surface area contributed by atoms with Gasteiger partial charge in [-0.3, -0.25) is 9.80 Å². The van der Waals surface area contributed by atoms with Crippen molar-refractivity contribution in [3.8, 4) is 0 Å². The minimum atomic E-state index is -0.283. The van der Waals surface area contributed by atoms with Gasteiger partial charge < -0.3 is 9.47 Å². The number of nitrogens with zero attached hydrogens (tertiary/aromatic N) is 1. The number of hydrogen-bond acceptors (Lipinski definition) is 3. The quantitative estimate of drug-likeness (QED) is 0.275. The summed E-state index contributed by atoms with van der Waals surface area (Å²) in [6.45, 7) is 5.84. The number of ether oxygens (including phenoxy) is 2. The molecular weight excluding hydrogens is 528 g/mol. The third-order valence-corrected chi connectivity index (χ3v) is 13.1. The highest BCUT2D eigenvalue weighted by atomic mass is 16.5. The molecular formula is C39H49N2O2+. The van der Waals surface area contributed by atoms with Crippen LogP contribution in [0, 0.1) is 35.5 Å². The van der Waals surface area contributed by atoms with Gasteiger partial charge in [-0.05, 0) is 74.8 Å². The zero-order chi connectivity index (χ0) is 29.0. The van der Waals surface area contributed by atoms with E-state index in [0.717, 1.165) is 16.8 Å². The summed E-state index contributed by atoms with van der Waals surface area (Å²) >= 11 is 0. The highest BCUT2D eigenvalue weighted by Gasteiger charge is 2.59. The molecule has 43 heavy (non-hydrogen) atoms. The molecule has 2 fully saturated rings. The first kappa shape index (κ1) is 26.8. The molecule has 0 bridgehead atoms. The average molecular weight is 578 g/mol. The average Bonchev–Trinajstić information content (AvgIpc) is 3.62. The Kier molecular flexibility index (Phi) is 5.91. The second kappa shape index (κ2) is 9.47. The molecule has 4 heteroatoms. The summed E-state index contributed by atoms with van der Waals surface area (Å²) in [6.07, 6.45) is 38.1. The van der Waals surface area contributed by atoms with Crippen molar-refractivity contribution in [3.63, 3.8) is 0 Å². The topological polar surface area (TPSA) is 30.5 Å². The lowest BCUT2D eigenvalue weighted by molar-refractivity contribution is -0.868. The van der Waals surface area contributed by atoms with Crippen LogP contribution in [0.1, 0.15) is 71.6 Å². The van der Waals surface area contributed by atoms with E-state index in [1.54, 1.807) is 11.1 Å². The first-order chi connectivity index (χ1) is 20.8. The summed E-state index contributed by atoms with van der Waals surface area (Å²) in [4.78, 5) is 0. The smallest absolute Gasteiger partial charge is 0.160 e. The molecule has 9 aliphatic rings. The van der Waals surface area contributed by atoms with Gasteiger partial charge in [-0.25, -0.2) is 0 Å². The van der Waals surface area contributed by atoms with E-state index in [1.165, 1.54) is 75.0 Å². The van der Waals surface area contributed by atoms with Gasteiger partial charge in [-0.1, -0.05) is 74.6 Å². The van der Waals surface area contributed by atoms with Crippen LogP contribution >= 0.6 is 0 Å². The third-order valence-electron chi connectivity index (χ3n) is 13.1. The lowest BCUT2D eigenvalue weighted by Crippen LogP contribution is -2.57. The van der Waals surface area contributed by atoms with E-state index in [1.807, 2.05) is 0 Å². The van der Waals surface area contributed by atoms with Crippen molar-refractivity contribution < 1.29 is 14.0 Å². The lowest BCUT2D eigenvalue weighted by Gasteiger charge is -2.43. The molecule has 5 aliphatic heterocycles. The van der Waals surface area contributed by atoms with Gasteiger partial charge in [-0.2, -0.15) is 0 Å². The van der Waals surface area contributed by atoms with Gasteiger partial charge in [0.25, 0.3) is 0 Å². The van der Waals surface area contributed by atoms with Crippen molar-refractivity contribution in [3.05, 3.63) is 95.2 Å². The molecule has 1 saturated carbocycles. The van der Waals surface area contributed by atoms with Crippen LogP contribution in [0.4, 0.5) is 0 Å². The first-order valence-electron chi connectivity index (χ1n) is 17.4. The Morgan fingerprint density at radius 1 is 1.00 bits per heavy atom. The number of likely N-dealkylation sites (N-methyl/N-ethyl adjacent to an activating group) is 1. The van der Waals surface area contributed by atoms with E-state index in [2.05, 4.69) is 93.2 Å². The van der Waals surface area contributed by atoms with Crippen LogP contribution in [-0.4, -0.2) is 41.5 Å². The Morgan fingerprint density at radius 2 is 1.88 bits per heavy atom.